The summed E-state index contributed by atoms with van der Waals surface area (Å²) in [5.41, 5.74) is 2.43. The van der Waals surface area contributed by atoms with Gasteiger partial charge in [0.05, 0.1) is 11.6 Å². The molecule has 1 fully saturated rings. The zero-order chi connectivity index (χ0) is 14.1. The van der Waals surface area contributed by atoms with Crippen molar-refractivity contribution < 1.29 is 9.53 Å². The maximum atomic E-state index is 11.9. The molecule has 0 N–H and O–H groups in total. The number of methoxy groups -OCH3 is 1. The second kappa shape index (κ2) is 5.25. The molecule has 1 aliphatic heterocycles. The van der Waals surface area contributed by atoms with E-state index in [1.54, 1.807) is 7.11 Å². The molecule has 0 saturated carbocycles. The van der Waals surface area contributed by atoms with Gasteiger partial charge in [-0.05, 0) is 25.0 Å². The van der Waals surface area contributed by atoms with Crippen LogP contribution in [0, 0.1) is 6.92 Å². The van der Waals surface area contributed by atoms with Gasteiger partial charge in [0, 0.05) is 44.2 Å². The third kappa shape index (κ3) is 2.18. The first-order valence-corrected chi connectivity index (χ1v) is 6.88. The molecule has 2 aromatic heterocycles. The quantitative estimate of drug-likeness (QED) is 0.856. The number of nitrogens with zero attached hydrogens (tertiary/aromatic N) is 3. The van der Waals surface area contributed by atoms with Gasteiger partial charge in [-0.25, -0.2) is 0 Å². The summed E-state index contributed by atoms with van der Waals surface area (Å²) >= 11 is 0. The van der Waals surface area contributed by atoms with E-state index in [4.69, 9.17) is 4.74 Å². The molecule has 1 atom stereocenters. The van der Waals surface area contributed by atoms with Crippen molar-refractivity contribution in [1.82, 2.24) is 14.5 Å². The van der Waals surface area contributed by atoms with Crippen LogP contribution in [0.5, 0.6) is 0 Å². The molecule has 0 aromatic carbocycles. The van der Waals surface area contributed by atoms with E-state index in [0.29, 0.717) is 6.04 Å². The van der Waals surface area contributed by atoms with Crippen LogP contribution >= 0.6 is 0 Å². The van der Waals surface area contributed by atoms with E-state index >= 15 is 0 Å². The number of amides is 1. The minimum Gasteiger partial charge on any atom is -0.375 e. The SMILES string of the molecule is COCC(=O)N1CCC(n2cc(C)c3cnccc32)C1. The zero-order valence-corrected chi connectivity index (χ0v) is 11.9. The molecule has 5 nitrogen and oxygen atoms in total. The molecule has 1 aliphatic rings. The Bertz CT molecular complexity index is 635. The Balaban J connectivity index is 1.85. The standard InChI is InChI=1S/C15H19N3O2/c1-11-8-18(14-3-5-16-7-13(11)14)12-4-6-17(9-12)15(19)10-20-2/h3,5,7-8,12H,4,6,9-10H2,1-2H3. The maximum Gasteiger partial charge on any atom is 0.248 e. The van der Waals surface area contributed by atoms with Gasteiger partial charge in [0.25, 0.3) is 0 Å². The number of hydrogen-bond donors (Lipinski definition) is 0. The highest BCUT2D eigenvalue weighted by Gasteiger charge is 2.28. The summed E-state index contributed by atoms with van der Waals surface area (Å²) < 4.78 is 7.21. The molecule has 1 saturated heterocycles. The van der Waals surface area contributed by atoms with Crippen molar-refractivity contribution in [2.75, 3.05) is 26.8 Å². The molecule has 0 bridgehead atoms. The van der Waals surface area contributed by atoms with Crippen LogP contribution in [-0.4, -0.2) is 47.2 Å². The molecular formula is C15H19N3O2. The predicted octanol–water partition coefficient (Wildman–Crippen LogP) is 1.76. The van der Waals surface area contributed by atoms with Gasteiger partial charge in [0.1, 0.15) is 6.61 Å². The first-order valence-electron chi connectivity index (χ1n) is 6.88. The number of fused-ring (bicyclic) bond motifs is 1. The Hall–Kier alpha value is -1.88. The molecule has 5 heteroatoms. The van der Waals surface area contributed by atoms with E-state index < -0.39 is 0 Å². The lowest BCUT2D eigenvalue weighted by molar-refractivity contribution is -0.134. The van der Waals surface area contributed by atoms with Crippen LogP contribution in [0.15, 0.2) is 24.7 Å². The van der Waals surface area contributed by atoms with Crippen LogP contribution in [0.1, 0.15) is 18.0 Å². The fraction of sp³-hybridized carbons (Fsp3) is 0.467. The Morgan fingerprint density at radius 2 is 2.40 bits per heavy atom. The minimum absolute atomic E-state index is 0.0739. The molecule has 3 rings (SSSR count). The van der Waals surface area contributed by atoms with Crippen LogP contribution in [0.3, 0.4) is 0 Å². The average Bonchev–Trinajstić information content (AvgIpc) is 3.05. The Morgan fingerprint density at radius 1 is 1.55 bits per heavy atom. The number of carbonyl (C=O) groups excluding carboxylic acids is 1. The molecule has 1 amide bonds. The van der Waals surface area contributed by atoms with Gasteiger partial charge < -0.3 is 14.2 Å². The van der Waals surface area contributed by atoms with Gasteiger partial charge >= 0.3 is 0 Å². The number of aromatic nitrogens is 2. The minimum atomic E-state index is 0.0739. The zero-order valence-electron chi connectivity index (χ0n) is 11.9. The van der Waals surface area contributed by atoms with Crippen molar-refractivity contribution in [2.24, 2.45) is 0 Å². The second-order valence-corrected chi connectivity index (χ2v) is 5.33. The van der Waals surface area contributed by atoms with Gasteiger partial charge in [0.15, 0.2) is 0 Å². The summed E-state index contributed by atoms with van der Waals surface area (Å²) in [4.78, 5) is 17.9. The number of rotatable bonds is 3. The maximum absolute atomic E-state index is 11.9. The van der Waals surface area contributed by atoms with Gasteiger partial charge in [-0.15, -0.1) is 0 Å². The summed E-state index contributed by atoms with van der Waals surface area (Å²) in [6, 6.07) is 2.39. The largest absolute Gasteiger partial charge is 0.375 e. The van der Waals surface area contributed by atoms with Crippen molar-refractivity contribution in [3.63, 3.8) is 0 Å². The van der Waals surface area contributed by atoms with E-state index in [1.807, 2.05) is 23.4 Å². The fourth-order valence-corrected chi connectivity index (χ4v) is 2.98. The number of pyridine rings is 1. The van der Waals surface area contributed by atoms with Gasteiger partial charge in [-0.2, -0.15) is 0 Å². The Labute approximate surface area is 118 Å². The Morgan fingerprint density at radius 3 is 3.20 bits per heavy atom. The normalized spacial score (nSPS) is 18.9. The molecular weight excluding hydrogens is 254 g/mol. The molecule has 3 heterocycles. The van der Waals surface area contributed by atoms with Crippen molar-refractivity contribution in [3.8, 4) is 0 Å². The van der Waals surface area contributed by atoms with Crippen LogP contribution in [-0.2, 0) is 9.53 Å². The van der Waals surface area contributed by atoms with E-state index in [0.717, 1.165) is 19.5 Å². The predicted molar refractivity (Wildman–Crippen MR) is 76.6 cm³/mol. The summed E-state index contributed by atoms with van der Waals surface area (Å²) in [6.45, 7) is 3.83. The summed E-state index contributed by atoms with van der Waals surface area (Å²) in [5.74, 6) is 0.0739. The Kier molecular flexibility index (Phi) is 3.44. The van der Waals surface area contributed by atoms with E-state index in [1.165, 1.54) is 16.5 Å². The number of aryl methyl sites for hydroxylation is 1. The van der Waals surface area contributed by atoms with Gasteiger partial charge in [-0.1, -0.05) is 0 Å². The monoisotopic (exact) mass is 273 g/mol. The van der Waals surface area contributed by atoms with E-state index in [-0.39, 0.29) is 12.5 Å². The number of likely N-dealkylation sites (tertiary alicyclic amines) is 1. The number of carbonyl (C=O) groups is 1. The first kappa shape index (κ1) is 13.1. The first-order chi connectivity index (χ1) is 9.70. The lowest BCUT2D eigenvalue weighted by atomic mass is 10.2. The summed E-state index contributed by atoms with van der Waals surface area (Å²) in [6.07, 6.45) is 6.88. The smallest absolute Gasteiger partial charge is 0.248 e. The lowest BCUT2D eigenvalue weighted by Gasteiger charge is -2.17. The topological polar surface area (TPSA) is 47.4 Å². The highest BCUT2D eigenvalue weighted by atomic mass is 16.5. The van der Waals surface area contributed by atoms with E-state index in [9.17, 15) is 4.79 Å². The molecule has 0 radical (unpaired) electrons. The highest BCUT2D eigenvalue weighted by molar-refractivity contribution is 5.83. The van der Waals surface area contributed by atoms with E-state index in [2.05, 4.69) is 22.7 Å². The summed E-state index contributed by atoms with van der Waals surface area (Å²) in [7, 11) is 1.56. The van der Waals surface area contributed by atoms with Crippen molar-refractivity contribution in [3.05, 3.63) is 30.2 Å². The second-order valence-electron chi connectivity index (χ2n) is 5.33. The average molecular weight is 273 g/mol. The van der Waals surface area contributed by atoms with Gasteiger partial charge in [0.2, 0.25) is 5.91 Å². The van der Waals surface area contributed by atoms with Gasteiger partial charge in [-0.3, -0.25) is 9.78 Å². The third-order valence-corrected chi connectivity index (χ3v) is 4.01. The van der Waals surface area contributed by atoms with Crippen molar-refractivity contribution in [2.45, 2.75) is 19.4 Å². The van der Waals surface area contributed by atoms with Crippen LogP contribution in [0.25, 0.3) is 10.9 Å². The van der Waals surface area contributed by atoms with Crippen LogP contribution in [0.2, 0.25) is 0 Å². The molecule has 20 heavy (non-hydrogen) atoms. The molecule has 1 unspecified atom stereocenters. The van der Waals surface area contributed by atoms with Crippen LogP contribution in [0.4, 0.5) is 0 Å². The molecule has 0 aliphatic carbocycles. The molecule has 0 spiro atoms. The third-order valence-electron chi connectivity index (χ3n) is 4.01. The van der Waals surface area contributed by atoms with Crippen LogP contribution < -0.4 is 0 Å². The fourth-order valence-electron chi connectivity index (χ4n) is 2.98. The number of ether oxygens (including phenoxy) is 1. The number of hydrogen-bond acceptors (Lipinski definition) is 3. The van der Waals surface area contributed by atoms with Crippen molar-refractivity contribution in [1.29, 1.82) is 0 Å². The molecule has 106 valence electrons. The summed E-state index contributed by atoms with van der Waals surface area (Å²) in [5, 5.41) is 1.19. The lowest BCUT2D eigenvalue weighted by Crippen LogP contribution is -2.31. The van der Waals surface area contributed by atoms with Crippen molar-refractivity contribution >= 4 is 16.8 Å². The highest BCUT2D eigenvalue weighted by Crippen LogP contribution is 2.28. The molecule has 2 aromatic rings.